The molecule has 0 N–H and O–H groups in total. The van der Waals surface area contributed by atoms with E-state index in [2.05, 4.69) is 9.97 Å². The summed E-state index contributed by atoms with van der Waals surface area (Å²) in [6, 6.07) is 8.79. The SMILES string of the molecule is COC(=O)c1cc(C2CC2)nc2c1c(=O)n(Cc1nc(-c3ccc(OC)cc3)oc1C)c(=O)n2C. The van der Waals surface area contributed by atoms with Crippen molar-refractivity contribution in [3.05, 3.63) is 73.9 Å². The predicted molar refractivity (Wildman–Crippen MR) is 127 cm³/mol. The van der Waals surface area contributed by atoms with Crippen LogP contribution < -0.4 is 16.0 Å². The fraction of sp³-hybridized carbons (Fsp3) is 0.320. The predicted octanol–water partition coefficient (Wildman–Crippen LogP) is 2.78. The molecule has 0 bridgehead atoms. The number of pyridine rings is 1. The van der Waals surface area contributed by atoms with Gasteiger partial charge in [-0.2, -0.15) is 0 Å². The monoisotopic (exact) mass is 476 g/mol. The van der Waals surface area contributed by atoms with Gasteiger partial charge in [-0.3, -0.25) is 13.9 Å². The van der Waals surface area contributed by atoms with Crippen molar-refractivity contribution in [1.82, 2.24) is 19.1 Å². The number of carbonyl (C=O) groups is 1. The lowest BCUT2D eigenvalue weighted by Gasteiger charge is -2.13. The van der Waals surface area contributed by atoms with E-state index in [1.807, 2.05) is 0 Å². The van der Waals surface area contributed by atoms with Crippen molar-refractivity contribution in [2.45, 2.75) is 32.2 Å². The van der Waals surface area contributed by atoms with Crippen LogP contribution in [0.15, 0.2) is 44.3 Å². The van der Waals surface area contributed by atoms with E-state index in [1.54, 1.807) is 44.4 Å². The Morgan fingerprint density at radius 3 is 2.49 bits per heavy atom. The second-order valence-corrected chi connectivity index (χ2v) is 8.54. The molecule has 10 heteroatoms. The summed E-state index contributed by atoms with van der Waals surface area (Å²) >= 11 is 0. The Hall–Kier alpha value is -4.21. The number of fused-ring (bicyclic) bond motifs is 1. The summed E-state index contributed by atoms with van der Waals surface area (Å²) in [6.07, 6.45) is 1.90. The number of nitrogens with zero attached hydrogens (tertiary/aromatic N) is 4. The number of esters is 1. The molecule has 3 aromatic heterocycles. The van der Waals surface area contributed by atoms with Crippen LogP contribution in [-0.4, -0.2) is 39.3 Å². The topological polar surface area (TPSA) is 118 Å². The first-order valence-electron chi connectivity index (χ1n) is 11.2. The Morgan fingerprint density at radius 2 is 1.86 bits per heavy atom. The van der Waals surface area contributed by atoms with Gasteiger partial charge in [-0.15, -0.1) is 0 Å². The Bertz CT molecular complexity index is 1580. The van der Waals surface area contributed by atoms with Gasteiger partial charge in [0.15, 0.2) is 0 Å². The number of hydrogen-bond donors (Lipinski definition) is 0. The van der Waals surface area contributed by atoms with E-state index >= 15 is 0 Å². The van der Waals surface area contributed by atoms with Crippen molar-refractivity contribution in [3.63, 3.8) is 0 Å². The standard InChI is InChI=1S/C25H24N4O6/c1-13-19(27-22(35-13)15-7-9-16(33-3)10-8-15)12-29-23(30)20-17(24(31)34-4)11-18(14-5-6-14)26-21(20)28(2)25(29)32/h7-11,14H,5-6,12H2,1-4H3. The van der Waals surface area contributed by atoms with Crippen LogP contribution >= 0.6 is 0 Å². The van der Waals surface area contributed by atoms with Crippen LogP contribution in [0, 0.1) is 6.92 Å². The lowest BCUT2D eigenvalue weighted by molar-refractivity contribution is 0.0602. The zero-order chi connectivity index (χ0) is 24.9. The molecule has 0 aliphatic heterocycles. The van der Waals surface area contributed by atoms with Gasteiger partial charge in [0.2, 0.25) is 5.89 Å². The van der Waals surface area contributed by atoms with Gasteiger partial charge in [0.1, 0.15) is 22.9 Å². The third-order valence-electron chi connectivity index (χ3n) is 6.25. The zero-order valence-corrected chi connectivity index (χ0v) is 19.8. The van der Waals surface area contributed by atoms with E-state index in [4.69, 9.17) is 13.9 Å². The Kier molecular flexibility index (Phi) is 5.50. The number of oxazole rings is 1. The third-order valence-corrected chi connectivity index (χ3v) is 6.25. The van der Waals surface area contributed by atoms with Gasteiger partial charge in [0, 0.05) is 24.2 Å². The van der Waals surface area contributed by atoms with Crippen LogP contribution in [0.5, 0.6) is 5.75 Å². The first-order chi connectivity index (χ1) is 16.8. The van der Waals surface area contributed by atoms with Crippen LogP contribution in [0.3, 0.4) is 0 Å². The molecule has 10 nitrogen and oxygen atoms in total. The normalized spacial score (nSPS) is 13.3. The van der Waals surface area contributed by atoms with Crippen molar-refractivity contribution < 1.29 is 18.7 Å². The fourth-order valence-corrected chi connectivity index (χ4v) is 4.08. The van der Waals surface area contributed by atoms with E-state index in [1.165, 1.54) is 18.7 Å². The molecule has 5 rings (SSSR count). The maximum Gasteiger partial charge on any atom is 0.338 e. The highest BCUT2D eigenvalue weighted by Crippen LogP contribution is 2.40. The highest BCUT2D eigenvalue weighted by molar-refractivity contribution is 6.02. The van der Waals surface area contributed by atoms with Crippen LogP contribution in [-0.2, 0) is 18.3 Å². The molecule has 1 saturated carbocycles. The molecule has 0 saturated heterocycles. The van der Waals surface area contributed by atoms with Crippen LogP contribution in [0.2, 0.25) is 0 Å². The highest BCUT2D eigenvalue weighted by atomic mass is 16.5. The number of benzene rings is 1. The van der Waals surface area contributed by atoms with Crippen molar-refractivity contribution in [3.8, 4) is 17.2 Å². The van der Waals surface area contributed by atoms with Gasteiger partial charge in [0.25, 0.3) is 5.56 Å². The van der Waals surface area contributed by atoms with Gasteiger partial charge >= 0.3 is 11.7 Å². The van der Waals surface area contributed by atoms with E-state index < -0.39 is 17.2 Å². The molecule has 1 aliphatic carbocycles. The number of ether oxygens (including phenoxy) is 2. The van der Waals surface area contributed by atoms with Crippen molar-refractivity contribution >= 4 is 17.0 Å². The summed E-state index contributed by atoms with van der Waals surface area (Å²) in [7, 11) is 4.37. The first-order valence-corrected chi connectivity index (χ1v) is 11.2. The summed E-state index contributed by atoms with van der Waals surface area (Å²) in [5.41, 5.74) is 0.905. The molecule has 4 aromatic rings. The van der Waals surface area contributed by atoms with Gasteiger partial charge in [-0.05, 0) is 50.1 Å². The van der Waals surface area contributed by atoms with E-state index in [9.17, 15) is 14.4 Å². The maximum absolute atomic E-state index is 13.5. The highest BCUT2D eigenvalue weighted by Gasteiger charge is 2.29. The molecule has 1 aromatic carbocycles. The van der Waals surface area contributed by atoms with Crippen LogP contribution in [0.25, 0.3) is 22.5 Å². The van der Waals surface area contributed by atoms with Crippen LogP contribution in [0.1, 0.15) is 46.3 Å². The van der Waals surface area contributed by atoms with E-state index in [-0.39, 0.29) is 29.1 Å². The molecule has 0 spiro atoms. The molecule has 1 fully saturated rings. The number of carbonyl (C=O) groups excluding carboxylic acids is 1. The largest absolute Gasteiger partial charge is 0.497 e. The number of rotatable bonds is 6. The zero-order valence-electron chi connectivity index (χ0n) is 19.8. The minimum absolute atomic E-state index is 0.0416. The summed E-state index contributed by atoms with van der Waals surface area (Å²) in [5, 5.41) is 0.0416. The number of aromatic nitrogens is 4. The molecule has 0 amide bonds. The second-order valence-electron chi connectivity index (χ2n) is 8.54. The number of aryl methyl sites for hydroxylation is 2. The Balaban J connectivity index is 1.63. The van der Waals surface area contributed by atoms with Crippen molar-refractivity contribution in [2.24, 2.45) is 7.05 Å². The van der Waals surface area contributed by atoms with Crippen LogP contribution in [0.4, 0.5) is 0 Å². The van der Waals surface area contributed by atoms with Crippen molar-refractivity contribution in [2.75, 3.05) is 14.2 Å². The Labute approximate surface area is 199 Å². The average Bonchev–Trinajstić information content (AvgIpc) is 3.67. The molecule has 0 radical (unpaired) electrons. The molecule has 180 valence electrons. The van der Waals surface area contributed by atoms with Crippen molar-refractivity contribution in [1.29, 1.82) is 0 Å². The summed E-state index contributed by atoms with van der Waals surface area (Å²) in [4.78, 5) is 48.4. The summed E-state index contributed by atoms with van der Waals surface area (Å²) in [5.74, 6) is 1.09. The maximum atomic E-state index is 13.5. The average molecular weight is 476 g/mol. The molecule has 0 atom stereocenters. The molecular weight excluding hydrogens is 452 g/mol. The molecule has 3 heterocycles. The molecule has 0 unspecified atom stereocenters. The van der Waals surface area contributed by atoms with Gasteiger partial charge in [-0.1, -0.05) is 0 Å². The molecule has 1 aliphatic rings. The van der Waals surface area contributed by atoms with E-state index in [0.717, 1.165) is 23.0 Å². The quantitative estimate of drug-likeness (QED) is 0.390. The number of methoxy groups -OCH3 is 2. The summed E-state index contributed by atoms with van der Waals surface area (Å²) in [6.45, 7) is 1.59. The Morgan fingerprint density at radius 1 is 1.14 bits per heavy atom. The number of hydrogen-bond acceptors (Lipinski definition) is 8. The van der Waals surface area contributed by atoms with Gasteiger partial charge in [-0.25, -0.2) is 19.6 Å². The second kappa shape index (κ2) is 8.53. The minimum Gasteiger partial charge on any atom is -0.497 e. The fourth-order valence-electron chi connectivity index (χ4n) is 4.08. The first kappa shape index (κ1) is 22.6. The lowest BCUT2D eigenvalue weighted by atomic mass is 10.1. The smallest absolute Gasteiger partial charge is 0.338 e. The minimum atomic E-state index is -0.652. The molecule has 35 heavy (non-hydrogen) atoms. The molecular formula is C25H24N4O6. The lowest BCUT2D eigenvalue weighted by Crippen LogP contribution is -2.40. The third kappa shape index (κ3) is 3.90. The van der Waals surface area contributed by atoms with E-state index in [0.29, 0.717) is 28.8 Å². The summed E-state index contributed by atoms with van der Waals surface area (Å²) < 4.78 is 18.2. The van der Waals surface area contributed by atoms with Gasteiger partial charge < -0.3 is 13.9 Å². The van der Waals surface area contributed by atoms with Gasteiger partial charge in [0.05, 0.1) is 31.7 Å².